The monoisotopic (exact) mass is 302 g/mol. The molecule has 1 aliphatic rings. The summed E-state index contributed by atoms with van der Waals surface area (Å²) in [4.78, 5) is 2.26. The zero-order chi connectivity index (χ0) is 15.3. The first-order valence-corrected chi connectivity index (χ1v) is 7.14. The molecule has 1 saturated heterocycles. The highest BCUT2D eigenvalue weighted by Gasteiger charge is 2.27. The number of nitrogens with one attached hydrogen (secondary N) is 1. The molecule has 1 aromatic carbocycles. The number of halogens is 3. The Kier molecular flexibility index (Phi) is 5.33. The van der Waals surface area contributed by atoms with E-state index in [0.717, 1.165) is 37.4 Å². The molecule has 0 bridgehead atoms. The van der Waals surface area contributed by atoms with Crippen LogP contribution in [0.15, 0.2) is 24.3 Å². The number of hydrogen-bond donors (Lipinski definition) is 1. The Morgan fingerprint density at radius 2 is 2.19 bits per heavy atom. The van der Waals surface area contributed by atoms with E-state index in [-0.39, 0.29) is 0 Å². The SMILES string of the molecule is COc1cccc(N2CCC(CCNCC(F)(F)F)C2)c1. The van der Waals surface area contributed by atoms with E-state index in [1.165, 1.54) is 0 Å². The van der Waals surface area contributed by atoms with Crippen LogP contribution in [0.4, 0.5) is 18.9 Å². The van der Waals surface area contributed by atoms with Crippen molar-refractivity contribution < 1.29 is 17.9 Å². The van der Waals surface area contributed by atoms with Crippen LogP contribution in [0.5, 0.6) is 5.75 Å². The molecule has 3 nitrogen and oxygen atoms in total. The maximum Gasteiger partial charge on any atom is 0.401 e. The Morgan fingerprint density at radius 1 is 1.38 bits per heavy atom. The molecule has 0 aliphatic carbocycles. The molecular weight excluding hydrogens is 281 g/mol. The Balaban J connectivity index is 1.75. The summed E-state index contributed by atoms with van der Waals surface area (Å²) in [5, 5.41) is 2.46. The van der Waals surface area contributed by atoms with Crippen molar-refractivity contribution in [3.63, 3.8) is 0 Å². The predicted octanol–water partition coefficient (Wildman–Crippen LogP) is 3.06. The van der Waals surface area contributed by atoms with Gasteiger partial charge in [0.1, 0.15) is 5.75 Å². The van der Waals surface area contributed by atoms with Crippen molar-refractivity contribution in [2.45, 2.75) is 19.0 Å². The summed E-state index contributed by atoms with van der Waals surface area (Å²) in [5.41, 5.74) is 1.11. The second-order valence-electron chi connectivity index (χ2n) is 5.38. The summed E-state index contributed by atoms with van der Waals surface area (Å²) >= 11 is 0. The standard InChI is InChI=1S/C15H21F3N2O/c1-21-14-4-2-3-13(9-14)20-8-6-12(10-20)5-7-19-11-15(16,17)18/h2-4,9,12,19H,5-8,10-11H2,1H3. The third-order valence-corrected chi connectivity index (χ3v) is 3.76. The smallest absolute Gasteiger partial charge is 0.401 e. The molecule has 1 fully saturated rings. The molecule has 0 radical (unpaired) electrons. The molecule has 1 N–H and O–H groups in total. The Bertz CT molecular complexity index is 451. The number of ether oxygens (including phenoxy) is 1. The molecule has 0 saturated carbocycles. The average Bonchev–Trinajstić information content (AvgIpc) is 2.91. The van der Waals surface area contributed by atoms with Crippen LogP contribution in [0, 0.1) is 5.92 Å². The Labute approximate surface area is 123 Å². The molecule has 1 unspecified atom stereocenters. The van der Waals surface area contributed by atoms with Crippen molar-refractivity contribution in [2.24, 2.45) is 5.92 Å². The minimum Gasteiger partial charge on any atom is -0.497 e. The summed E-state index contributed by atoms with van der Waals surface area (Å²) in [7, 11) is 1.64. The minimum absolute atomic E-state index is 0.413. The predicted molar refractivity (Wildman–Crippen MR) is 76.9 cm³/mol. The first-order valence-electron chi connectivity index (χ1n) is 7.14. The molecule has 2 rings (SSSR count). The zero-order valence-corrected chi connectivity index (χ0v) is 12.1. The maximum atomic E-state index is 12.0. The lowest BCUT2D eigenvalue weighted by molar-refractivity contribution is -0.124. The molecule has 118 valence electrons. The summed E-state index contributed by atoms with van der Waals surface area (Å²) in [6.45, 7) is 1.34. The van der Waals surface area contributed by atoms with E-state index in [1.54, 1.807) is 7.11 Å². The summed E-state index contributed by atoms with van der Waals surface area (Å²) in [6.07, 6.45) is -2.33. The lowest BCUT2D eigenvalue weighted by Gasteiger charge is -2.19. The van der Waals surface area contributed by atoms with Gasteiger partial charge in [0.15, 0.2) is 0 Å². The van der Waals surface area contributed by atoms with E-state index in [0.29, 0.717) is 12.5 Å². The first-order chi connectivity index (χ1) is 9.98. The molecule has 1 atom stereocenters. The molecule has 0 aromatic heterocycles. The van der Waals surface area contributed by atoms with E-state index in [2.05, 4.69) is 10.2 Å². The normalized spacial score (nSPS) is 19.0. The maximum absolute atomic E-state index is 12.0. The fraction of sp³-hybridized carbons (Fsp3) is 0.600. The molecule has 0 spiro atoms. The quantitative estimate of drug-likeness (QED) is 0.817. The van der Waals surface area contributed by atoms with E-state index in [1.807, 2.05) is 24.3 Å². The third-order valence-electron chi connectivity index (χ3n) is 3.76. The summed E-state index contributed by atoms with van der Waals surface area (Å²) in [6, 6.07) is 7.88. The molecular formula is C15H21F3N2O. The molecule has 1 aromatic rings. The molecule has 0 amide bonds. The van der Waals surface area contributed by atoms with Crippen LogP contribution >= 0.6 is 0 Å². The Hall–Kier alpha value is -1.43. The average molecular weight is 302 g/mol. The van der Waals surface area contributed by atoms with Crippen molar-refractivity contribution in [3.05, 3.63) is 24.3 Å². The number of benzene rings is 1. The van der Waals surface area contributed by atoms with Gasteiger partial charge in [0, 0.05) is 24.8 Å². The number of rotatable bonds is 6. The number of alkyl halides is 3. The van der Waals surface area contributed by atoms with Gasteiger partial charge >= 0.3 is 6.18 Å². The lowest BCUT2D eigenvalue weighted by atomic mass is 10.1. The van der Waals surface area contributed by atoms with Crippen LogP contribution < -0.4 is 15.0 Å². The first kappa shape index (κ1) is 15.9. The highest BCUT2D eigenvalue weighted by molar-refractivity contribution is 5.51. The fourth-order valence-electron chi connectivity index (χ4n) is 2.65. The van der Waals surface area contributed by atoms with E-state index in [4.69, 9.17) is 4.74 Å². The van der Waals surface area contributed by atoms with Crippen LogP contribution in [0.2, 0.25) is 0 Å². The largest absolute Gasteiger partial charge is 0.497 e. The third kappa shape index (κ3) is 5.12. The topological polar surface area (TPSA) is 24.5 Å². The van der Waals surface area contributed by atoms with Crippen molar-refractivity contribution in [1.82, 2.24) is 5.32 Å². The van der Waals surface area contributed by atoms with Gasteiger partial charge in [-0.25, -0.2) is 0 Å². The fourth-order valence-corrected chi connectivity index (χ4v) is 2.65. The van der Waals surface area contributed by atoms with Crippen LogP contribution in [-0.4, -0.2) is 39.5 Å². The molecule has 6 heteroatoms. The van der Waals surface area contributed by atoms with Gasteiger partial charge in [0.05, 0.1) is 13.7 Å². The molecule has 1 heterocycles. The van der Waals surface area contributed by atoms with E-state index < -0.39 is 12.7 Å². The molecule has 1 aliphatic heterocycles. The lowest BCUT2D eigenvalue weighted by Crippen LogP contribution is -2.30. The number of nitrogens with zero attached hydrogens (tertiary/aromatic N) is 1. The number of hydrogen-bond acceptors (Lipinski definition) is 3. The Morgan fingerprint density at radius 3 is 2.90 bits per heavy atom. The van der Waals surface area contributed by atoms with Gasteiger partial charge in [-0.2, -0.15) is 13.2 Å². The van der Waals surface area contributed by atoms with Gasteiger partial charge in [-0.1, -0.05) is 6.07 Å². The summed E-state index contributed by atoms with van der Waals surface area (Å²) < 4.78 is 41.3. The highest BCUT2D eigenvalue weighted by Crippen LogP contribution is 2.28. The second kappa shape index (κ2) is 7.02. The van der Waals surface area contributed by atoms with Gasteiger partial charge in [0.25, 0.3) is 0 Å². The van der Waals surface area contributed by atoms with Crippen molar-refractivity contribution >= 4 is 5.69 Å². The van der Waals surface area contributed by atoms with Crippen molar-refractivity contribution in [1.29, 1.82) is 0 Å². The van der Waals surface area contributed by atoms with Crippen LogP contribution in [0.3, 0.4) is 0 Å². The van der Waals surface area contributed by atoms with Crippen LogP contribution in [-0.2, 0) is 0 Å². The van der Waals surface area contributed by atoms with Crippen LogP contribution in [0.25, 0.3) is 0 Å². The van der Waals surface area contributed by atoms with E-state index >= 15 is 0 Å². The van der Waals surface area contributed by atoms with E-state index in [9.17, 15) is 13.2 Å². The second-order valence-corrected chi connectivity index (χ2v) is 5.38. The number of anilines is 1. The van der Waals surface area contributed by atoms with Crippen molar-refractivity contribution in [3.8, 4) is 5.75 Å². The summed E-state index contributed by atoms with van der Waals surface area (Å²) in [5.74, 6) is 1.26. The number of methoxy groups -OCH3 is 1. The van der Waals surface area contributed by atoms with Gasteiger partial charge in [0.2, 0.25) is 0 Å². The highest BCUT2D eigenvalue weighted by atomic mass is 19.4. The van der Waals surface area contributed by atoms with Gasteiger partial charge in [-0.3, -0.25) is 0 Å². The van der Waals surface area contributed by atoms with Gasteiger partial charge < -0.3 is 15.0 Å². The minimum atomic E-state index is -4.12. The van der Waals surface area contributed by atoms with Gasteiger partial charge in [-0.15, -0.1) is 0 Å². The zero-order valence-electron chi connectivity index (χ0n) is 12.1. The van der Waals surface area contributed by atoms with Crippen molar-refractivity contribution in [2.75, 3.05) is 38.2 Å². The van der Waals surface area contributed by atoms with Gasteiger partial charge in [-0.05, 0) is 37.4 Å². The van der Waals surface area contributed by atoms with Crippen LogP contribution in [0.1, 0.15) is 12.8 Å². The molecule has 21 heavy (non-hydrogen) atoms.